The number of nitrogens with one attached hydrogen (secondary N) is 2. The molecule has 10 heteroatoms. The van der Waals surface area contributed by atoms with Gasteiger partial charge in [-0.1, -0.05) is 42.5 Å². The molecule has 3 rings (SSSR count). The van der Waals surface area contributed by atoms with Crippen molar-refractivity contribution in [2.75, 3.05) is 13.1 Å². The molecule has 1 amide bonds. The van der Waals surface area contributed by atoms with Gasteiger partial charge in [-0.05, 0) is 30.5 Å². The van der Waals surface area contributed by atoms with Crippen molar-refractivity contribution in [1.82, 2.24) is 15.5 Å². The van der Waals surface area contributed by atoms with E-state index in [4.69, 9.17) is 0 Å². The third-order valence-corrected chi connectivity index (χ3v) is 4.98. The lowest BCUT2D eigenvalue weighted by Gasteiger charge is -2.16. The first-order chi connectivity index (χ1) is 15.3. The Labute approximate surface area is 208 Å². The lowest BCUT2D eigenvalue weighted by atomic mass is 10.1. The molecule has 0 unspecified atom stereocenters. The Morgan fingerprint density at radius 1 is 1.09 bits per heavy atom. The second-order valence-corrected chi connectivity index (χ2v) is 7.44. The second-order valence-electron chi connectivity index (χ2n) is 7.44. The van der Waals surface area contributed by atoms with Crippen molar-refractivity contribution in [2.45, 2.75) is 45.8 Å². The minimum absolute atomic E-state index is 0. The Bertz CT molecular complexity index is 936. The van der Waals surface area contributed by atoms with Gasteiger partial charge in [0, 0.05) is 38.2 Å². The zero-order valence-corrected chi connectivity index (χ0v) is 20.7. The van der Waals surface area contributed by atoms with Crippen molar-refractivity contribution in [1.29, 1.82) is 0 Å². The van der Waals surface area contributed by atoms with Crippen LogP contribution in [0, 0.1) is 0 Å². The zero-order chi connectivity index (χ0) is 23.0. The molecule has 2 aromatic carbocycles. The number of carbonyl (C=O) groups is 1. The number of alkyl halides is 3. The summed E-state index contributed by atoms with van der Waals surface area (Å²) < 4.78 is 41.9. The molecule has 1 aliphatic rings. The molecule has 1 fully saturated rings. The van der Waals surface area contributed by atoms with Crippen LogP contribution in [-0.2, 0) is 24.4 Å². The Morgan fingerprint density at radius 3 is 2.42 bits per heavy atom. The summed E-state index contributed by atoms with van der Waals surface area (Å²) in [6.45, 7) is 4.47. The topological polar surface area (TPSA) is 66.0 Å². The molecule has 0 aliphatic carbocycles. The summed E-state index contributed by atoms with van der Waals surface area (Å²) in [6.07, 6.45) is -3.21. The summed E-state index contributed by atoms with van der Waals surface area (Å²) in [4.78, 5) is 18.1. The molecule has 33 heavy (non-hydrogen) atoms. The molecule has 1 aliphatic heterocycles. The number of ether oxygens (including phenoxy) is 1. The predicted octanol–water partition coefficient (Wildman–Crippen LogP) is 4.58. The summed E-state index contributed by atoms with van der Waals surface area (Å²) in [5, 5.41) is 6.13. The lowest BCUT2D eigenvalue weighted by molar-refractivity contribution is -0.274. The van der Waals surface area contributed by atoms with Crippen LogP contribution in [0.25, 0.3) is 0 Å². The largest absolute Gasteiger partial charge is 0.573 e. The monoisotopic (exact) mass is 576 g/mol. The number of amides is 1. The molecule has 0 atom stereocenters. The van der Waals surface area contributed by atoms with Crippen molar-refractivity contribution in [3.05, 3.63) is 65.2 Å². The first-order valence-corrected chi connectivity index (χ1v) is 10.6. The highest BCUT2D eigenvalue weighted by Crippen LogP contribution is 2.26. The van der Waals surface area contributed by atoms with Crippen LogP contribution in [0.4, 0.5) is 13.2 Å². The third kappa shape index (κ3) is 8.75. The summed E-state index contributed by atoms with van der Waals surface area (Å²) in [6, 6.07) is 13.9. The maximum absolute atomic E-state index is 12.6. The fraction of sp³-hybridized carbons (Fsp3) is 0.391. The highest BCUT2D eigenvalue weighted by molar-refractivity contribution is 14.0. The van der Waals surface area contributed by atoms with E-state index in [2.05, 4.69) is 20.4 Å². The molecule has 180 valence electrons. The number of nitrogens with zero attached hydrogens (tertiary/aromatic N) is 2. The van der Waals surface area contributed by atoms with Gasteiger partial charge in [0.25, 0.3) is 0 Å². The third-order valence-electron chi connectivity index (χ3n) is 4.98. The molecule has 2 aromatic rings. The number of guanidine groups is 1. The van der Waals surface area contributed by atoms with Gasteiger partial charge in [-0.25, -0.2) is 4.99 Å². The second kappa shape index (κ2) is 12.7. The number of para-hydroxylation sites is 1. The van der Waals surface area contributed by atoms with E-state index in [1.165, 1.54) is 12.1 Å². The van der Waals surface area contributed by atoms with Gasteiger partial charge in [0.05, 0.1) is 6.54 Å². The zero-order valence-electron chi connectivity index (χ0n) is 18.3. The molecular weight excluding hydrogens is 548 g/mol. The lowest BCUT2D eigenvalue weighted by Crippen LogP contribution is -2.37. The van der Waals surface area contributed by atoms with E-state index >= 15 is 0 Å². The quantitative estimate of drug-likeness (QED) is 0.275. The average molecular weight is 576 g/mol. The SMILES string of the molecule is CCNC(=NCc1ccc(CN2CCCC2=O)cc1)NCc1ccccc1OC(F)(F)F.I. The van der Waals surface area contributed by atoms with Crippen LogP contribution in [0.1, 0.15) is 36.5 Å². The number of rotatable bonds is 8. The molecule has 0 spiro atoms. The van der Waals surface area contributed by atoms with Crippen molar-refractivity contribution in [3.8, 4) is 5.75 Å². The Balaban J connectivity index is 0.00000385. The molecular formula is C23H28F3IN4O2. The number of benzene rings is 2. The van der Waals surface area contributed by atoms with E-state index in [0.717, 1.165) is 24.1 Å². The van der Waals surface area contributed by atoms with Gasteiger partial charge in [0.1, 0.15) is 5.75 Å². The van der Waals surface area contributed by atoms with Gasteiger partial charge in [-0.3, -0.25) is 4.79 Å². The Morgan fingerprint density at radius 2 is 1.79 bits per heavy atom. The van der Waals surface area contributed by atoms with Crippen molar-refractivity contribution in [3.63, 3.8) is 0 Å². The van der Waals surface area contributed by atoms with Gasteiger partial charge < -0.3 is 20.3 Å². The summed E-state index contributed by atoms with van der Waals surface area (Å²) in [5.41, 5.74) is 2.43. The first-order valence-electron chi connectivity index (χ1n) is 10.6. The van der Waals surface area contributed by atoms with E-state index < -0.39 is 6.36 Å². The Hall–Kier alpha value is -2.50. The van der Waals surface area contributed by atoms with E-state index in [1.54, 1.807) is 12.1 Å². The highest BCUT2D eigenvalue weighted by atomic mass is 127. The molecule has 1 heterocycles. The summed E-state index contributed by atoms with van der Waals surface area (Å²) in [5.74, 6) is 0.443. The van der Waals surface area contributed by atoms with Crippen molar-refractivity contribution < 1.29 is 22.7 Å². The van der Waals surface area contributed by atoms with Crippen LogP contribution in [0.5, 0.6) is 5.75 Å². The van der Waals surface area contributed by atoms with Gasteiger partial charge in [0.2, 0.25) is 5.91 Å². The molecule has 0 aromatic heterocycles. The van der Waals surface area contributed by atoms with E-state index in [1.807, 2.05) is 36.1 Å². The maximum atomic E-state index is 12.6. The number of aliphatic imine (C=N–C) groups is 1. The average Bonchev–Trinajstić information content (AvgIpc) is 3.15. The van der Waals surface area contributed by atoms with Crippen LogP contribution in [0.15, 0.2) is 53.5 Å². The maximum Gasteiger partial charge on any atom is 0.573 e. The number of hydrogen-bond acceptors (Lipinski definition) is 3. The first kappa shape index (κ1) is 26.7. The molecule has 0 bridgehead atoms. The minimum Gasteiger partial charge on any atom is -0.405 e. The van der Waals surface area contributed by atoms with Crippen LogP contribution in [0.2, 0.25) is 0 Å². The van der Waals surface area contributed by atoms with E-state index in [0.29, 0.717) is 37.6 Å². The molecule has 6 nitrogen and oxygen atoms in total. The number of likely N-dealkylation sites (tertiary alicyclic amines) is 1. The number of halogens is 4. The highest BCUT2D eigenvalue weighted by Gasteiger charge is 2.32. The van der Waals surface area contributed by atoms with Crippen LogP contribution in [-0.4, -0.2) is 36.2 Å². The molecule has 2 N–H and O–H groups in total. The fourth-order valence-corrected chi connectivity index (χ4v) is 3.41. The molecule has 0 saturated carbocycles. The van der Waals surface area contributed by atoms with E-state index in [9.17, 15) is 18.0 Å². The van der Waals surface area contributed by atoms with Gasteiger partial charge >= 0.3 is 6.36 Å². The Kier molecular flexibility index (Phi) is 10.3. The fourth-order valence-electron chi connectivity index (χ4n) is 3.41. The van der Waals surface area contributed by atoms with Crippen molar-refractivity contribution in [2.24, 2.45) is 4.99 Å². The van der Waals surface area contributed by atoms with Gasteiger partial charge in [0.15, 0.2) is 5.96 Å². The van der Waals surface area contributed by atoms with Gasteiger partial charge in [-0.15, -0.1) is 37.1 Å². The van der Waals surface area contributed by atoms with Crippen molar-refractivity contribution >= 4 is 35.8 Å². The standard InChI is InChI=1S/C23H27F3N4O2.HI/c1-2-27-22(29-15-19-6-3-4-7-20(19)32-23(24,25)26)28-14-17-9-11-18(12-10-17)16-30-13-5-8-21(30)31;/h3-4,6-7,9-12H,2,5,8,13-16H2,1H3,(H2,27,28,29);1H. The molecule has 0 radical (unpaired) electrons. The van der Waals surface area contributed by atoms with Crippen LogP contribution in [0.3, 0.4) is 0 Å². The smallest absolute Gasteiger partial charge is 0.405 e. The number of carbonyl (C=O) groups excluding carboxylic acids is 1. The predicted molar refractivity (Wildman–Crippen MR) is 131 cm³/mol. The normalized spacial score (nSPS) is 14.1. The van der Waals surface area contributed by atoms with Crippen LogP contribution < -0.4 is 15.4 Å². The van der Waals surface area contributed by atoms with Crippen LogP contribution >= 0.6 is 24.0 Å². The summed E-state index contributed by atoms with van der Waals surface area (Å²) in [7, 11) is 0. The summed E-state index contributed by atoms with van der Waals surface area (Å²) >= 11 is 0. The minimum atomic E-state index is -4.75. The van der Waals surface area contributed by atoms with E-state index in [-0.39, 0.29) is 42.2 Å². The number of hydrogen-bond donors (Lipinski definition) is 2. The van der Waals surface area contributed by atoms with Gasteiger partial charge in [-0.2, -0.15) is 0 Å². The molecule has 1 saturated heterocycles.